The van der Waals surface area contributed by atoms with Crippen LogP contribution in [0.25, 0.3) is 33.5 Å². The standard InChI is InChI=1S/C46H33N3O7S/c1-54-33-17-19-41(55-2)37(22-33)36-23-39(27-8-4-3-5-9-27)48-44(38(36)25-47)57-42-24-43(51)49(45(42)52)32-15-12-28(13-16-32)46(53)56-26-40(50)30-14-18-35-31(21-30)20-29-10-6-7-11-34(29)35/h3-19,21-23,42H,20,24,26H2,1-2H3. The average molecular weight is 772 g/mol. The first-order chi connectivity index (χ1) is 27.8. The number of carbonyl (C=O) groups excluding carboxylic acids is 4. The Hall–Kier alpha value is -7.03. The Morgan fingerprint density at radius 3 is 2.28 bits per heavy atom. The van der Waals surface area contributed by atoms with Gasteiger partial charge in [0.1, 0.15) is 22.6 Å². The van der Waals surface area contributed by atoms with Crippen molar-refractivity contribution in [2.75, 3.05) is 25.7 Å². The Bertz CT molecular complexity index is 2640. The summed E-state index contributed by atoms with van der Waals surface area (Å²) >= 11 is 1.05. The minimum atomic E-state index is -0.882. The third kappa shape index (κ3) is 7.14. The van der Waals surface area contributed by atoms with Crippen LogP contribution in [-0.2, 0) is 20.7 Å². The van der Waals surface area contributed by atoms with Gasteiger partial charge in [0, 0.05) is 28.7 Å². The maximum absolute atomic E-state index is 13.9. The Morgan fingerprint density at radius 2 is 1.53 bits per heavy atom. The number of ether oxygens (including phenoxy) is 3. The molecule has 0 saturated carbocycles. The van der Waals surface area contributed by atoms with Gasteiger partial charge in [-0.2, -0.15) is 5.26 Å². The van der Waals surface area contributed by atoms with Crippen LogP contribution in [0.15, 0.2) is 126 Å². The summed E-state index contributed by atoms with van der Waals surface area (Å²) in [6, 6.07) is 38.3. The number of anilines is 1. The molecule has 1 unspecified atom stereocenters. The number of aromatic nitrogens is 1. The predicted octanol–water partition coefficient (Wildman–Crippen LogP) is 8.34. The molecular formula is C46H33N3O7S. The first-order valence-electron chi connectivity index (χ1n) is 18.0. The minimum absolute atomic E-state index is 0.135. The molecule has 1 atom stereocenters. The SMILES string of the molecule is COc1ccc(OC)c(-c2cc(-c3ccccc3)nc(SC3CC(=O)N(c4ccc(C(=O)OCC(=O)c5ccc6c(c5)Cc5ccccc5-6)cc4)C3=O)c2C#N)c1. The highest BCUT2D eigenvalue weighted by Crippen LogP contribution is 2.43. The van der Waals surface area contributed by atoms with Crippen molar-refractivity contribution < 1.29 is 33.4 Å². The van der Waals surface area contributed by atoms with Gasteiger partial charge in [-0.25, -0.2) is 14.7 Å². The van der Waals surface area contributed by atoms with E-state index in [-0.39, 0.29) is 34.0 Å². The molecule has 10 nitrogen and oxygen atoms in total. The van der Waals surface area contributed by atoms with Gasteiger partial charge in [-0.3, -0.25) is 14.4 Å². The summed E-state index contributed by atoms with van der Waals surface area (Å²) in [5, 5.41) is 9.90. The van der Waals surface area contributed by atoms with Gasteiger partial charge in [-0.05, 0) is 83.3 Å². The van der Waals surface area contributed by atoms with Crippen molar-refractivity contribution in [2.24, 2.45) is 0 Å². The predicted molar refractivity (Wildman–Crippen MR) is 215 cm³/mol. The van der Waals surface area contributed by atoms with Crippen LogP contribution in [0.3, 0.4) is 0 Å². The van der Waals surface area contributed by atoms with Crippen LogP contribution in [0.4, 0.5) is 5.69 Å². The molecule has 1 saturated heterocycles. The lowest BCUT2D eigenvalue weighted by Crippen LogP contribution is -2.31. The third-order valence-corrected chi connectivity index (χ3v) is 11.2. The van der Waals surface area contributed by atoms with Crippen LogP contribution in [-0.4, -0.2) is 54.6 Å². The molecule has 8 rings (SSSR count). The molecule has 1 aliphatic heterocycles. The van der Waals surface area contributed by atoms with Crippen LogP contribution < -0.4 is 14.4 Å². The molecule has 2 aliphatic rings. The van der Waals surface area contributed by atoms with E-state index >= 15 is 0 Å². The Labute approximate surface area is 332 Å². The zero-order valence-corrected chi connectivity index (χ0v) is 31.7. The highest BCUT2D eigenvalue weighted by molar-refractivity contribution is 8.00. The second kappa shape index (κ2) is 15.6. The largest absolute Gasteiger partial charge is 0.497 e. The fourth-order valence-electron chi connectivity index (χ4n) is 7.17. The number of benzene rings is 5. The summed E-state index contributed by atoms with van der Waals surface area (Å²) in [5.74, 6) is -0.899. The number of nitriles is 1. The quantitative estimate of drug-likeness (QED) is 0.0717. The monoisotopic (exact) mass is 771 g/mol. The molecule has 1 fully saturated rings. The van der Waals surface area contributed by atoms with Crippen LogP contribution in [0.1, 0.15) is 43.8 Å². The number of imide groups is 1. The fraction of sp³-hybridized carbons (Fsp3) is 0.130. The van der Waals surface area contributed by atoms with Crippen molar-refractivity contribution in [1.29, 1.82) is 5.26 Å². The topological polar surface area (TPSA) is 136 Å². The number of esters is 1. The van der Waals surface area contributed by atoms with E-state index in [1.165, 1.54) is 36.9 Å². The molecule has 1 aromatic heterocycles. The van der Waals surface area contributed by atoms with Gasteiger partial charge in [0.05, 0.1) is 42.0 Å². The van der Waals surface area contributed by atoms with Crippen molar-refractivity contribution in [3.05, 3.63) is 149 Å². The second-order valence-electron chi connectivity index (χ2n) is 13.4. The minimum Gasteiger partial charge on any atom is -0.497 e. The van der Waals surface area contributed by atoms with Crippen molar-refractivity contribution in [3.63, 3.8) is 0 Å². The van der Waals surface area contributed by atoms with Gasteiger partial charge < -0.3 is 14.2 Å². The number of nitrogens with zero attached hydrogens (tertiary/aromatic N) is 3. The maximum Gasteiger partial charge on any atom is 0.338 e. The smallest absolute Gasteiger partial charge is 0.338 e. The number of methoxy groups -OCH3 is 2. The molecule has 0 spiro atoms. The summed E-state index contributed by atoms with van der Waals surface area (Å²) in [6.45, 7) is -0.440. The number of carbonyl (C=O) groups is 4. The lowest BCUT2D eigenvalue weighted by molar-refractivity contribution is -0.121. The number of amides is 2. The normalized spacial score (nSPS) is 14.1. The first-order valence-corrected chi connectivity index (χ1v) is 18.9. The number of rotatable bonds is 11. The van der Waals surface area contributed by atoms with Crippen molar-refractivity contribution in [3.8, 4) is 51.1 Å². The number of thioether (sulfide) groups is 1. The summed E-state index contributed by atoms with van der Waals surface area (Å²) in [4.78, 5) is 59.1. The van der Waals surface area contributed by atoms with Crippen LogP contribution >= 0.6 is 11.8 Å². The molecule has 6 aromatic rings. The molecule has 0 N–H and O–H groups in total. The highest BCUT2D eigenvalue weighted by Gasteiger charge is 2.41. The fourth-order valence-corrected chi connectivity index (χ4v) is 8.30. The van der Waals surface area contributed by atoms with E-state index in [1.807, 2.05) is 54.6 Å². The zero-order valence-electron chi connectivity index (χ0n) is 30.9. The number of fused-ring (bicyclic) bond motifs is 3. The summed E-state index contributed by atoms with van der Waals surface area (Å²) in [7, 11) is 3.09. The van der Waals surface area contributed by atoms with E-state index < -0.39 is 29.6 Å². The molecule has 57 heavy (non-hydrogen) atoms. The van der Waals surface area contributed by atoms with E-state index in [9.17, 15) is 24.4 Å². The average Bonchev–Trinajstić information content (AvgIpc) is 3.76. The molecular weight excluding hydrogens is 739 g/mol. The molecule has 5 aromatic carbocycles. The van der Waals surface area contributed by atoms with E-state index in [0.717, 1.165) is 45.3 Å². The van der Waals surface area contributed by atoms with Crippen LogP contribution in [0.5, 0.6) is 11.5 Å². The second-order valence-corrected chi connectivity index (χ2v) is 14.6. The lowest BCUT2D eigenvalue weighted by atomic mass is 9.98. The maximum atomic E-state index is 13.9. The van der Waals surface area contributed by atoms with E-state index in [1.54, 1.807) is 37.4 Å². The first kappa shape index (κ1) is 36.9. The zero-order chi connectivity index (χ0) is 39.6. The number of hydrogen-bond donors (Lipinski definition) is 0. The van der Waals surface area contributed by atoms with Gasteiger partial charge >= 0.3 is 5.97 Å². The molecule has 11 heteroatoms. The van der Waals surface area contributed by atoms with E-state index in [0.29, 0.717) is 33.9 Å². The van der Waals surface area contributed by atoms with Gasteiger partial charge in [-0.1, -0.05) is 78.5 Å². The van der Waals surface area contributed by atoms with Crippen molar-refractivity contribution in [1.82, 2.24) is 4.98 Å². The Morgan fingerprint density at radius 1 is 0.789 bits per heavy atom. The molecule has 0 radical (unpaired) electrons. The van der Waals surface area contributed by atoms with E-state index in [2.05, 4.69) is 18.2 Å². The molecule has 2 heterocycles. The number of ketones is 1. The molecule has 280 valence electrons. The summed E-state index contributed by atoms with van der Waals surface area (Å²) < 4.78 is 16.5. The van der Waals surface area contributed by atoms with Gasteiger partial charge in [-0.15, -0.1) is 0 Å². The van der Waals surface area contributed by atoms with Gasteiger partial charge in [0.25, 0.3) is 0 Å². The Balaban J connectivity index is 0.986. The van der Waals surface area contributed by atoms with Crippen LogP contribution in [0.2, 0.25) is 0 Å². The van der Waals surface area contributed by atoms with Gasteiger partial charge in [0.15, 0.2) is 12.4 Å². The number of Topliss-reactive ketones (excluding diaryl/α,β-unsaturated/α-hetero) is 1. The van der Waals surface area contributed by atoms with Crippen molar-refractivity contribution >= 4 is 41.0 Å². The summed E-state index contributed by atoms with van der Waals surface area (Å²) in [5.41, 5.74) is 8.10. The highest BCUT2D eigenvalue weighted by atomic mass is 32.2. The van der Waals surface area contributed by atoms with Crippen LogP contribution in [0, 0.1) is 11.3 Å². The number of hydrogen-bond acceptors (Lipinski definition) is 10. The Kier molecular flexibility index (Phi) is 10.1. The van der Waals surface area contributed by atoms with Crippen molar-refractivity contribution in [2.45, 2.75) is 23.1 Å². The molecule has 0 bridgehead atoms. The summed E-state index contributed by atoms with van der Waals surface area (Å²) in [6.07, 6.45) is 0.602. The van der Waals surface area contributed by atoms with E-state index in [4.69, 9.17) is 19.2 Å². The third-order valence-electron chi connectivity index (χ3n) is 10.0. The number of pyridine rings is 1. The lowest BCUT2D eigenvalue weighted by Gasteiger charge is -2.17. The van der Waals surface area contributed by atoms with Gasteiger partial charge in [0.2, 0.25) is 11.8 Å². The molecule has 2 amide bonds. The molecule has 1 aliphatic carbocycles.